The van der Waals surface area contributed by atoms with E-state index < -0.39 is 0 Å². The quantitative estimate of drug-likeness (QED) is 0.922. The Morgan fingerprint density at radius 3 is 2.20 bits per heavy atom. The van der Waals surface area contributed by atoms with E-state index in [1.54, 1.807) is 0 Å². The molecule has 0 unspecified atom stereocenters. The molecule has 0 spiro atoms. The molecule has 110 valence electrons. The Kier molecular flexibility index (Phi) is 4.09. The summed E-state index contributed by atoms with van der Waals surface area (Å²) in [5, 5.41) is 1.92. The van der Waals surface area contributed by atoms with Gasteiger partial charge in [0.25, 0.3) is 5.91 Å². The average molecular weight is 276 g/mol. The number of hydrogen-bond acceptors (Lipinski definition) is 4. The summed E-state index contributed by atoms with van der Waals surface area (Å²) in [5.41, 5.74) is 5.31. The highest BCUT2D eigenvalue weighted by Crippen LogP contribution is 2.26. The predicted octanol–water partition coefficient (Wildman–Crippen LogP) is 2.59. The summed E-state index contributed by atoms with van der Waals surface area (Å²) in [7, 11) is 0. The molecule has 0 aliphatic carbocycles. The first-order valence-electron chi connectivity index (χ1n) is 7.29. The molecule has 0 saturated carbocycles. The number of hydrazine groups is 1. The molecule has 1 N–H and O–H groups in total. The van der Waals surface area contributed by atoms with Gasteiger partial charge in [-0.25, -0.2) is 15.0 Å². The predicted molar refractivity (Wildman–Crippen MR) is 78.4 cm³/mol. The van der Waals surface area contributed by atoms with Crippen molar-refractivity contribution in [1.82, 2.24) is 20.4 Å². The van der Waals surface area contributed by atoms with E-state index in [2.05, 4.69) is 56.9 Å². The molecule has 20 heavy (non-hydrogen) atoms. The zero-order chi connectivity index (χ0) is 15.0. The van der Waals surface area contributed by atoms with Crippen LogP contribution in [0.25, 0.3) is 0 Å². The Hall–Kier alpha value is -1.49. The first kappa shape index (κ1) is 14.9. The Morgan fingerprint density at radius 2 is 1.70 bits per heavy atom. The van der Waals surface area contributed by atoms with Crippen LogP contribution in [0.5, 0.6) is 0 Å². The van der Waals surface area contributed by atoms with Gasteiger partial charge in [-0.05, 0) is 19.8 Å². The van der Waals surface area contributed by atoms with E-state index >= 15 is 0 Å². The molecule has 5 nitrogen and oxygen atoms in total. The number of carbonyl (C=O) groups is 1. The minimum absolute atomic E-state index is 0.0843. The van der Waals surface area contributed by atoms with Gasteiger partial charge >= 0.3 is 0 Å². The fourth-order valence-corrected chi connectivity index (χ4v) is 2.28. The topological polar surface area (TPSA) is 58.1 Å². The van der Waals surface area contributed by atoms with E-state index in [1.165, 1.54) is 0 Å². The summed E-state index contributed by atoms with van der Waals surface area (Å²) in [6, 6.07) is 0.243. The lowest BCUT2D eigenvalue weighted by Gasteiger charge is -2.32. The molecule has 0 atom stereocenters. The molecular formula is C15H24N4O. The van der Waals surface area contributed by atoms with Crippen LogP contribution in [0.4, 0.5) is 0 Å². The summed E-state index contributed by atoms with van der Waals surface area (Å²) in [6.07, 6.45) is 0. The third kappa shape index (κ3) is 2.68. The first-order chi connectivity index (χ1) is 9.31. The van der Waals surface area contributed by atoms with Gasteiger partial charge in [0.05, 0.1) is 23.5 Å². The summed E-state index contributed by atoms with van der Waals surface area (Å²) >= 11 is 0. The molecule has 1 amide bonds. The van der Waals surface area contributed by atoms with Crippen molar-refractivity contribution in [3.63, 3.8) is 0 Å². The molecular weight excluding hydrogens is 252 g/mol. The number of nitrogens with one attached hydrogen (secondary N) is 1. The highest BCUT2D eigenvalue weighted by Gasteiger charge is 2.30. The summed E-state index contributed by atoms with van der Waals surface area (Å²) < 4.78 is 0. The molecule has 0 aromatic carbocycles. The molecule has 0 fully saturated rings. The van der Waals surface area contributed by atoms with Crippen LogP contribution >= 0.6 is 0 Å². The third-order valence-electron chi connectivity index (χ3n) is 3.51. The fourth-order valence-electron chi connectivity index (χ4n) is 2.28. The second kappa shape index (κ2) is 5.48. The van der Waals surface area contributed by atoms with Crippen molar-refractivity contribution >= 4 is 5.91 Å². The van der Waals surface area contributed by atoms with Crippen molar-refractivity contribution in [1.29, 1.82) is 0 Å². The maximum absolute atomic E-state index is 12.4. The van der Waals surface area contributed by atoms with Crippen molar-refractivity contribution in [3.05, 3.63) is 22.8 Å². The van der Waals surface area contributed by atoms with Gasteiger partial charge in [0.2, 0.25) is 0 Å². The molecule has 0 radical (unpaired) electrons. The van der Waals surface area contributed by atoms with Gasteiger partial charge in [-0.1, -0.05) is 27.7 Å². The highest BCUT2D eigenvalue weighted by molar-refractivity contribution is 5.97. The normalized spacial score (nSPS) is 15.9. The zero-order valence-corrected chi connectivity index (χ0v) is 13.2. The Balaban J connectivity index is 2.56. The molecule has 1 aliphatic heterocycles. The van der Waals surface area contributed by atoms with Crippen LogP contribution in [-0.2, 0) is 6.54 Å². The molecule has 1 aliphatic rings. The second-order valence-corrected chi connectivity index (χ2v) is 6.26. The smallest absolute Gasteiger partial charge is 0.269 e. The van der Waals surface area contributed by atoms with E-state index in [1.807, 2.05) is 5.01 Å². The lowest BCUT2D eigenvalue weighted by molar-refractivity contribution is 0.0641. The Bertz CT molecular complexity index is 523. The van der Waals surface area contributed by atoms with Crippen LogP contribution in [0.3, 0.4) is 0 Å². The van der Waals surface area contributed by atoms with Crippen LogP contribution < -0.4 is 5.43 Å². The lowest BCUT2D eigenvalue weighted by Crippen LogP contribution is -2.50. The number of hydrogen-bond donors (Lipinski definition) is 1. The van der Waals surface area contributed by atoms with Crippen LogP contribution in [-0.4, -0.2) is 26.9 Å². The van der Waals surface area contributed by atoms with Crippen molar-refractivity contribution in [3.8, 4) is 0 Å². The largest absolute Gasteiger partial charge is 0.284 e. The zero-order valence-electron chi connectivity index (χ0n) is 13.2. The van der Waals surface area contributed by atoms with E-state index in [0.717, 1.165) is 17.2 Å². The van der Waals surface area contributed by atoms with Gasteiger partial charge < -0.3 is 0 Å². The minimum atomic E-state index is -0.0843. The van der Waals surface area contributed by atoms with Crippen molar-refractivity contribution in [2.75, 3.05) is 0 Å². The van der Waals surface area contributed by atoms with Gasteiger partial charge in [-0.15, -0.1) is 0 Å². The van der Waals surface area contributed by atoms with Crippen molar-refractivity contribution in [2.45, 2.75) is 66.0 Å². The van der Waals surface area contributed by atoms with Crippen molar-refractivity contribution < 1.29 is 4.79 Å². The minimum Gasteiger partial charge on any atom is -0.284 e. The summed E-state index contributed by atoms with van der Waals surface area (Å²) in [4.78, 5) is 21.6. The summed E-state index contributed by atoms with van der Waals surface area (Å²) in [6.45, 7) is 13.0. The number of fused-ring (bicyclic) bond motifs is 1. The number of rotatable bonds is 3. The lowest BCUT2D eigenvalue weighted by atomic mass is 9.99. The number of amides is 1. The maximum atomic E-state index is 12.4. The molecule has 0 saturated heterocycles. The first-order valence-corrected chi connectivity index (χ1v) is 7.29. The van der Waals surface area contributed by atoms with Crippen molar-refractivity contribution in [2.24, 2.45) is 0 Å². The molecule has 2 rings (SSSR count). The molecule has 2 heterocycles. The number of nitrogens with zero attached hydrogens (tertiary/aromatic N) is 3. The number of carbonyl (C=O) groups excluding carboxylic acids is 1. The molecule has 1 aromatic rings. The SMILES string of the molecule is CC(C)c1nc2c(c(C(C)C)n1)C(=O)NN(C(C)C)C2. The Morgan fingerprint density at radius 1 is 1.05 bits per heavy atom. The van der Waals surface area contributed by atoms with Gasteiger partial charge in [0.1, 0.15) is 5.82 Å². The van der Waals surface area contributed by atoms with Gasteiger partial charge in [-0.3, -0.25) is 10.2 Å². The van der Waals surface area contributed by atoms with Crippen LogP contribution in [0.1, 0.15) is 80.9 Å². The average Bonchev–Trinajstić information content (AvgIpc) is 2.36. The third-order valence-corrected chi connectivity index (χ3v) is 3.51. The second-order valence-electron chi connectivity index (χ2n) is 6.26. The van der Waals surface area contributed by atoms with Gasteiger partial charge in [0.15, 0.2) is 0 Å². The van der Waals surface area contributed by atoms with Crippen LogP contribution in [0, 0.1) is 0 Å². The number of aromatic nitrogens is 2. The van der Waals surface area contributed by atoms with E-state index in [4.69, 9.17) is 0 Å². The highest BCUT2D eigenvalue weighted by atomic mass is 16.2. The van der Waals surface area contributed by atoms with E-state index in [9.17, 15) is 4.79 Å². The van der Waals surface area contributed by atoms with E-state index in [-0.39, 0.29) is 23.8 Å². The standard InChI is InChI=1S/C15H24N4O/c1-8(2)13-12-11(16-14(17-13)9(3)4)7-19(10(5)6)18-15(12)20/h8-10H,7H2,1-6H3,(H,18,20). The maximum Gasteiger partial charge on any atom is 0.269 e. The van der Waals surface area contributed by atoms with Gasteiger partial charge in [0, 0.05) is 12.0 Å². The van der Waals surface area contributed by atoms with Crippen LogP contribution in [0.2, 0.25) is 0 Å². The molecule has 1 aromatic heterocycles. The van der Waals surface area contributed by atoms with E-state index in [0.29, 0.717) is 12.1 Å². The molecule has 0 bridgehead atoms. The Labute approximate surface area is 120 Å². The monoisotopic (exact) mass is 276 g/mol. The summed E-state index contributed by atoms with van der Waals surface area (Å²) in [5.74, 6) is 1.21. The van der Waals surface area contributed by atoms with Gasteiger partial charge in [-0.2, -0.15) is 0 Å². The fraction of sp³-hybridized carbons (Fsp3) is 0.667. The molecule has 5 heteroatoms. The van der Waals surface area contributed by atoms with Crippen LogP contribution in [0.15, 0.2) is 0 Å².